The van der Waals surface area contributed by atoms with Crippen LogP contribution in [-0.2, 0) is 6.54 Å². The van der Waals surface area contributed by atoms with E-state index in [0.717, 1.165) is 5.56 Å². The van der Waals surface area contributed by atoms with E-state index in [1.807, 2.05) is 30.3 Å². The molecule has 0 spiro atoms. The summed E-state index contributed by atoms with van der Waals surface area (Å²) in [6.07, 6.45) is 1.65. The van der Waals surface area contributed by atoms with Crippen molar-refractivity contribution in [2.24, 2.45) is 4.99 Å². The van der Waals surface area contributed by atoms with E-state index in [1.54, 1.807) is 55.7 Å². The molecule has 1 atom stereocenters. The molecule has 1 unspecified atom stereocenters. The lowest BCUT2D eigenvalue weighted by Crippen LogP contribution is -2.31. The van der Waals surface area contributed by atoms with Crippen LogP contribution in [0.2, 0.25) is 0 Å². The summed E-state index contributed by atoms with van der Waals surface area (Å²) in [6.45, 7) is 4.27. The Kier molecular flexibility index (Phi) is 7.88. The van der Waals surface area contributed by atoms with Crippen LogP contribution in [0.15, 0.2) is 90.4 Å². The average molecular weight is 426 g/mol. The first-order chi connectivity index (χ1) is 15.6. The second-order valence-corrected chi connectivity index (χ2v) is 6.92. The topological polar surface area (TPSA) is 89.7 Å². The summed E-state index contributed by atoms with van der Waals surface area (Å²) < 4.78 is 11.1. The number of nitriles is 1. The predicted molar refractivity (Wildman–Crippen MR) is 124 cm³/mol. The number of hydrogen-bond donors (Lipinski definition) is 1. The molecule has 0 amide bonds. The maximum absolute atomic E-state index is 13.1. The molecular formula is C26H24N3O3-. The summed E-state index contributed by atoms with van der Waals surface area (Å²) in [7, 11) is 1.55. The molecule has 0 saturated heterocycles. The van der Waals surface area contributed by atoms with Crippen LogP contribution in [0.5, 0.6) is 11.5 Å². The highest BCUT2D eigenvalue weighted by atomic mass is 16.5. The predicted octanol–water partition coefficient (Wildman–Crippen LogP) is 4.24. The normalized spacial score (nSPS) is 11.8. The molecule has 3 aromatic carbocycles. The van der Waals surface area contributed by atoms with E-state index >= 15 is 0 Å². The number of nitrogens with one attached hydrogen (secondary N) is 1. The van der Waals surface area contributed by atoms with Crippen LogP contribution in [0.1, 0.15) is 22.7 Å². The highest BCUT2D eigenvalue weighted by Gasteiger charge is 2.15. The standard InChI is InChI=1S/C26H25N3O3/c1-3-15-32-23-14-11-21(16-24(23)31-2)25(29-22-12-9-19(17-27)10-13-22)26(30)28-18-20-7-5-4-6-8-20/h3-14,16,25,29H,1,15,18H2,2H3,(H,28,30)/p-1. The van der Waals surface area contributed by atoms with Gasteiger partial charge in [0, 0.05) is 5.69 Å². The van der Waals surface area contributed by atoms with Crippen molar-refractivity contribution in [3.05, 3.63) is 102 Å². The summed E-state index contributed by atoms with van der Waals surface area (Å²) in [6, 6.07) is 23.2. The van der Waals surface area contributed by atoms with Gasteiger partial charge in [0.05, 0.1) is 31.3 Å². The molecule has 0 aliphatic rings. The SMILES string of the molecule is C=CCOc1ccc(C(Nc2ccc(C#N)cc2)C([O-])=NCc2ccccc2)cc1OC. The van der Waals surface area contributed by atoms with E-state index in [0.29, 0.717) is 34.9 Å². The van der Waals surface area contributed by atoms with Gasteiger partial charge in [-0.25, -0.2) is 0 Å². The lowest BCUT2D eigenvalue weighted by molar-refractivity contribution is -0.220. The van der Waals surface area contributed by atoms with E-state index in [4.69, 9.17) is 14.7 Å². The van der Waals surface area contributed by atoms with Crippen molar-refractivity contribution in [1.82, 2.24) is 0 Å². The quantitative estimate of drug-likeness (QED) is 0.297. The number of anilines is 1. The molecule has 162 valence electrons. The summed E-state index contributed by atoms with van der Waals surface area (Å²) in [5.41, 5.74) is 2.86. The van der Waals surface area contributed by atoms with Gasteiger partial charge in [0.2, 0.25) is 0 Å². The highest BCUT2D eigenvalue weighted by molar-refractivity contribution is 5.83. The van der Waals surface area contributed by atoms with Gasteiger partial charge in [-0.2, -0.15) is 5.26 Å². The van der Waals surface area contributed by atoms with E-state index in [-0.39, 0.29) is 12.4 Å². The number of rotatable bonds is 10. The Labute approximate surface area is 188 Å². The molecule has 0 bridgehead atoms. The maximum atomic E-state index is 13.1. The van der Waals surface area contributed by atoms with E-state index in [9.17, 15) is 5.11 Å². The molecule has 6 nitrogen and oxygen atoms in total. The van der Waals surface area contributed by atoms with Gasteiger partial charge in [-0.05, 0) is 53.4 Å². The Hall–Kier alpha value is -4.24. The first-order valence-corrected chi connectivity index (χ1v) is 10.1. The third-order valence-corrected chi connectivity index (χ3v) is 4.71. The third-order valence-electron chi connectivity index (χ3n) is 4.71. The number of nitrogens with zero attached hydrogens (tertiary/aromatic N) is 2. The molecule has 0 saturated carbocycles. The van der Waals surface area contributed by atoms with Crippen LogP contribution in [0.25, 0.3) is 0 Å². The van der Waals surface area contributed by atoms with Gasteiger partial charge < -0.3 is 19.9 Å². The van der Waals surface area contributed by atoms with Crippen molar-refractivity contribution in [1.29, 1.82) is 5.26 Å². The van der Waals surface area contributed by atoms with Crippen molar-refractivity contribution in [2.45, 2.75) is 12.6 Å². The van der Waals surface area contributed by atoms with Crippen LogP contribution in [0.4, 0.5) is 5.69 Å². The Balaban J connectivity index is 1.93. The minimum absolute atomic E-state index is 0.281. The third kappa shape index (κ3) is 5.89. The van der Waals surface area contributed by atoms with Gasteiger partial charge in [-0.15, -0.1) is 0 Å². The minimum Gasteiger partial charge on any atom is -0.860 e. The zero-order valence-electron chi connectivity index (χ0n) is 17.8. The molecule has 32 heavy (non-hydrogen) atoms. The fourth-order valence-corrected chi connectivity index (χ4v) is 3.07. The molecule has 6 heteroatoms. The van der Waals surface area contributed by atoms with Crippen molar-refractivity contribution in [2.75, 3.05) is 19.0 Å². The zero-order chi connectivity index (χ0) is 22.8. The van der Waals surface area contributed by atoms with Gasteiger partial charge in [0.1, 0.15) is 6.61 Å². The Morgan fingerprint density at radius 1 is 1.12 bits per heavy atom. The number of ether oxygens (including phenoxy) is 2. The number of benzene rings is 3. The molecule has 0 fully saturated rings. The summed E-state index contributed by atoms with van der Waals surface area (Å²) >= 11 is 0. The number of hydrogen-bond acceptors (Lipinski definition) is 6. The highest BCUT2D eigenvalue weighted by Crippen LogP contribution is 2.32. The fraction of sp³-hybridized carbons (Fsp3) is 0.154. The van der Waals surface area contributed by atoms with E-state index in [2.05, 4.69) is 23.0 Å². The van der Waals surface area contributed by atoms with Crippen LogP contribution in [0, 0.1) is 11.3 Å². The maximum Gasteiger partial charge on any atom is 0.161 e. The smallest absolute Gasteiger partial charge is 0.161 e. The van der Waals surface area contributed by atoms with E-state index < -0.39 is 6.04 Å². The Morgan fingerprint density at radius 2 is 1.88 bits per heavy atom. The number of methoxy groups -OCH3 is 1. The first-order valence-electron chi connectivity index (χ1n) is 10.1. The molecule has 0 aliphatic heterocycles. The first kappa shape index (κ1) is 22.4. The summed E-state index contributed by atoms with van der Waals surface area (Å²) in [5, 5.41) is 25.4. The second-order valence-electron chi connectivity index (χ2n) is 6.92. The monoisotopic (exact) mass is 426 g/mol. The van der Waals surface area contributed by atoms with Crippen molar-refractivity contribution >= 4 is 11.6 Å². The molecule has 0 aliphatic carbocycles. The average Bonchev–Trinajstić information content (AvgIpc) is 2.85. The van der Waals surface area contributed by atoms with Crippen LogP contribution >= 0.6 is 0 Å². The molecular weight excluding hydrogens is 402 g/mol. The van der Waals surface area contributed by atoms with Crippen molar-refractivity contribution in [3.63, 3.8) is 0 Å². The van der Waals surface area contributed by atoms with Gasteiger partial charge in [-0.3, -0.25) is 4.99 Å². The van der Waals surface area contributed by atoms with E-state index in [1.165, 1.54) is 0 Å². The molecule has 0 radical (unpaired) electrons. The lowest BCUT2D eigenvalue weighted by atomic mass is 10.0. The Bertz CT molecular complexity index is 1100. The Morgan fingerprint density at radius 3 is 2.53 bits per heavy atom. The van der Waals surface area contributed by atoms with Gasteiger partial charge in [0.15, 0.2) is 11.5 Å². The van der Waals surface area contributed by atoms with Crippen molar-refractivity contribution < 1.29 is 14.6 Å². The fourth-order valence-electron chi connectivity index (χ4n) is 3.07. The van der Waals surface area contributed by atoms with Gasteiger partial charge in [0.25, 0.3) is 0 Å². The molecule has 3 rings (SSSR count). The molecule has 3 aromatic rings. The summed E-state index contributed by atoms with van der Waals surface area (Å²) in [4.78, 5) is 4.29. The van der Waals surface area contributed by atoms with Gasteiger partial charge >= 0.3 is 0 Å². The molecule has 0 heterocycles. The lowest BCUT2D eigenvalue weighted by Gasteiger charge is -2.27. The summed E-state index contributed by atoms with van der Waals surface area (Å²) in [5.74, 6) is 0.744. The van der Waals surface area contributed by atoms with Crippen LogP contribution < -0.4 is 19.9 Å². The van der Waals surface area contributed by atoms with Crippen molar-refractivity contribution in [3.8, 4) is 17.6 Å². The van der Waals surface area contributed by atoms with Crippen LogP contribution in [0.3, 0.4) is 0 Å². The largest absolute Gasteiger partial charge is 0.860 e. The minimum atomic E-state index is -0.742. The second kappa shape index (κ2) is 11.2. The zero-order valence-corrected chi connectivity index (χ0v) is 17.8. The van der Waals surface area contributed by atoms with Crippen LogP contribution in [-0.4, -0.2) is 19.6 Å². The van der Waals surface area contributed by atoms with Gasteiger partial charge in [-0.1, -0.05) is 49.1 Å². The number of aliphatic imine (C=N–C) groups is 1. The molecule has 0 aromatic heterocycles. The molecule has 1 N–H and O–H groups in total.